The monoisotopic (exact) mass is 422 g/mol. The molecule has 162 valence electrons. The second-order valence-electron chi connectivity index (χ2n) is 9.47. The van der Waals surface area contributed by atoms with Crippen LogP contribution in [0.1, 0.15) is 64.2 Å². The standard InChI is InChI=1S/C23H26N4O4/c24-21(28)18-11-26-17(5-16-2-1-13(10-25-16)22(29)30)6-19(18)27-20-14-3-12-4-15(20)9-23(31,7-12)8-14/h1-2,6,10-12,14-15,20,31H,3-5,7-9H2,(H2,24,28)(H,26,27)(H,29,30)/t12?,14-,15+,20?,23?. The van der Waals surface area contributed by atoms with E-state index >= 15 is 0 Å². The molecule has 0 saturated heterocycles. The lowest BCUT2D eigenvalue weighted by atomic mass is 9.52. The number of anilines is 1. The lowest BCUT2D eigenvalue weighted by Crippen LogP contribution is -2.59. The van der Waals surface area contributed by atoms with Crippen LogP contribution in [0.3, 0.4) is 0 Å². The van der Waals surface area contributed by atoms with E-state index in [1.54, 1.807) is 6.07 Å². The van der Waals surface area contributed by atoms with Crippen molar-refractivity contribution in [2.24, 2.45) is 23.5 Å². The molecule has 2 aromatic rings. The van der Waals surface area contributed by atoms with Crippen LogP contribution in [0.5, 0.6) is 0 Å². The number of carbonyl (C=O) groups excluding carboxylic acids is 1. The van der Waals surface area contributed by atoms with Crippen LogP contribution in [0.2, 0.25) is 0 Å². The van der Waals surface area contributed by atoms with Gasteiger partial charge in [0, 0.05) is 36.2 Å². The fourth-order valence-corrected chi connectivity index (χ4v) is 6.15. The van der Waals surface area contributed by atoms with Gasteiger partial charge in [0.25, 0.3) is 5.91 Å². The first-order chi connectivity index (χ1) is 14.8. The van der Waals surface area contributed by atoms with Gasteiger partial charge in [-0.05, 0) is 68.1 Å². The van der Waals surface area contributed by atoms with Crippen molar-refractivity contribution in [2.45, 2.75) is 50.2 Å². The molecule has 2 heterocycles. The highest BCUT2D eigenvalue weighted by Crippen LogP contribution is 2.56. The Kier molecular flexibility index (Phi) is 4.69. The molecule has 8 nitrogen and oxygen atoms in total. The zero-order chi connectivity index (χ0) is 21.8. The van der Waals surface area contributed by atoms with E-state index in [1.165, 1.54) is 18.5 Å². The second-order valence-corrected chi connectivity index (χ2v) is 9.47. The van der Waals surface area contributed by atoms with E-state index < -0.39 is 17.5 Å². The average Bonchev–Trinajstić information content (AvgIpc) is 2.70. The van der Waals surface area contributed by atoms with Crippen molar-refractivity contribution in [3.63, 3.8) is 0 Å². The third-order valence-corrected chi connectivity index (χ3v) is 7.22. The third-order valence-electron chi connectivity index (χ3n) is 7.22. The molecule has 4 aliphatic carbocycles. The Morgan fingerprint density at radius 3 is 2.39 bits per heavy atom. The zero-order valence-electron chi connectivity index (χ0n) is 17.1. The molecule has 0 spiro atoms. The van der Waals surface area contributed by atoms with E-state index in [0.717, 1.165) is 32.1 Å². The van der Waals surface area contributed by atoms with Gasteiger partial charge in [0.2, 0.25) is 0 Å². The number of nitrogens with zero attached hydrogens (tertiary/aromatic N) is 2. The van der Waals surface area contributed by atoms with Crippen LogP contribution in [0.15, 0.2) is 30.6 Å². The molecular formula is C23H26N4O4. The predicted octanol–water partition coefficient (Wildman–Crippen LogP) is 2.22. The minimum atomic E-state index is -1.02. The topological polar surface area (TPSA) is 138 Å². The Hall–Kier alpha value is -3.00. The van der Waals surface area contributed by atoms with E-state index in [1.807, 2.05) is 6.07 Å². The van der Waals surface area contributed by atoms with Crippen LogP contribution < -0.4 is 11.1 Å². The quantitative estimate of drug-likeness (QED) is 0.560. The molecule has 31 heavy (non-hydrogen) atoms. The van der Waals surface area contributed by atoms with Gasteiger partial charge < -0.3 is 21.3 Å². The van der Waals surface area contributed by atoms with Gasteiger partial charge in [-0.25, -0.2) is 4.79 Å². The van der Waals surface area contributed by atoms with Gasteiger partial charge in [0.15, 0.2) is 0 Å². The average molecular weight is 422 g/mol. The number of hydrogen-bond acceptors (Lipinski definition) is 6. The number of rotatable bonds is 6. The highest BCUT2D eigenvalue weighted by atomic mass is 16.4. The van der Waals surface area contributed by atoms with Gasteiger partial charge >= 0.3 is 5.97 Å². The number of carboxylic acids is 1. The summed E-state index contributed by atoms with van der Waals surface area (Å²) in [6, 6.07) is 5.23. The first-order valence-electron chi connectivity index (χ1n) is 10.8. The summed E-state index contributed by atoms with van der Waals surface area (Å²) in [5.74, 6) is -0.176. The maximum Gasteiger partial charge on any atom is 0.337 e. The van der Waals surface area contributed by atoms with E-state index in [4.69, 9.17) is 10.8 Å². The lowest BCUT2D eigenvalue weighted by Gasteiger charge is -2.58. The molecule has 2 aromatic heterocycles. The molecule has 5 N–H and O–H groups in total. The van der Waals surface area contributed by atoms with Crippen LogP contribution >= 0.6 is 0 Å². The molecule has 5 atom stereocenters. The second kappa shape index (κ2) is 7.30. The van der Waals surface area contributed by atoms with Crippen LogP contribution in [0.25, 0.3) is 0 Å². The molecule has 4 aliphatic rings. The number of nitrogens with two attached hydrogens (primary N) is 1. The fourth-order valence-electron chi connectivity index (χ4n) is 6.15. The maximum atomic E-state index is 12.0. The third kappa shape index (κ3) is 3.76. The van der Waals surface area contributed by atoms with Gasteiger partial charge in [-0.2, -0.15) is 0 Å². The van der Waals surface area contributed by atoms with E-state index in [2.05, 4.69) is 15.3 Å². The van der Waals surface area contributed by atoms with Crippen LogP contribution in [0, 0.1) is 17.8 Å². The lowest BCUT2D eigenvalue weighted by molar-refractivity contribution is -0.129. The number of carbonyl (C=O) groups is 2. The van der Waals surface area contributed by atoms with Gasteiger partial charge in [-0.1, -0.05) is 0 Å². The number of nitrogens with one attached hydrogen (secondary N) is 1. The Morgan fingerprint density at radius 1 is 1.10 bits per heavy atom. The van der Waals surface area contributed by atoms with E-state index in [9.17, 15) is 14.7 Å². The number of amides is 1. The molecule has 6 rings (SSSR count). The first kappa shape index (κ1) is 19.9. The summed E-state index contributed by atoms with van der Waals surface area (Å²) < 4.78 is 0. The predicted molar refractivity (Wildman–Crippen MR) is 113 cm³/mol. The van der Waals surface area contributed by atoms with Crippen molar-refractivity contribution >= 4 is 17.6 Å². The zero-order valence-corrected chi connectivity index (χ0v) is 17.1. The summed E-state index contributed by atoms with van der Waals surface area (Å²) in [7, 11) is 0. The van der Waals surface area contributed by atoms with Crippen LogP contribution in [-0.2, 0) is 6.42 Å². The van der Waals surface area contributed by atoms with Crippen molar-refractivity contribution in [3.8, 4) is 0 Å². The summed E-state index contributed by atoms with van der Waals surface area (Å²) >= 11 is 0. The molecule has 4 saturated carbocycles. The number of aromatic nitrogens is 2. The molecule has 0 aromatic carbocycles. The van der Waals surface area contributed by atoms with E-state index in [0.29, 0.717) is 46.8 Å². The molecule has 0 radical (unpaired) electrons. The fraction of sp³-hybridized carbons (Fsp3) is 0.478. The largest absolute Gasteiger partial charge is 0.478 e. The number of hydrogen-bond donors (Lipinski definition) is 4. The smallest absolute Gasteiger partial charge is 0.337 e. The number of aliphatic hydroxyl groups is 1. The minimum Gasteiger partial charge on any atom is -0.478 e. The van der Waals surface area contributed by atoms with Gasteiger partial charge in [0.05, 0.1) is 22.4 Å². The van der Waals surface area contributed by atoms with Crippen molar-refractivity contribution in [3.05, 3.63) is 53.1 Å². The van der Waals surface area contributed by atoms with Gasteiger partial charge in [-0.15, -0.1) is 0 Å². The Labute approximate surface area is 179 Å². The molecule has 1 amide bonds. The Morgan fingerprint density at radius 2 is 1.81 bits per heavy atom. The number of pyridine rings is 2. The Balaban J connectivity index is 1.39. The van der Waals surface area contributed by atoms with Crippen molar-refractivity contribution < 1.29 is 19.8 Å². The minimum absolute atomic E-state index is 0.131. The van der Waals surface area contributed by atoms with Gasteiger partial charge in [0.1, 0.15) is 0 Å². The van der Waals surface area contributed by atoms with Crippen molar-refractivity contribution in [2.75, 3.05) is 5.32 Å². The van der Waals surface area contributed by atoms with Crippen LogP contribution in [-0.4, -0.2) is 43.7 Å². The number of carboxylic acid groups (broad SMARTS) is 1. The molecule has 4 fully saturated rings. The SMILES string of the molecule is NC(=O)c1cnc(Cc2ccc(C(=O)O)cn2)cc1NC1[C@@H]2CC3C[C@H]1CC(O)(C3)C2. The summed E-state index contributed by atoms with van der Waals surface area (Å²) in [6.07, 6.45) is 7.99. The first-order valence-corrected chi connectivity index (χ1v) is 10.8. The summed E-state index contributed by atoms with van der Waals surface area (Å²) in [5.41, 5.74) is 7.65. The molecule has 0 aliphatic heterocycles. The highest BCUT2D eigenvalue weighted by molar-refractivity contribution is 5.98. The summed E-state index contributed by atoms with van der Waals surface area (Å²) in [5, 5.41) is 23.4. The molecule has 4 bridgehead atoms. The maximum absolute atomic E-state index is 12.0. The van der Waals surface area contributed by atoms with Gasteiger partial charge in [-0.3, -0.25) is 14.8 Å². The van der Waals surface area contributed by atoms with Crippen molar-refractivity contribution in [1.29, 1.82) is 0 Å². The van der Waals surface area contributed by atoms with E-state index in [-0.39, 0.29) is 11.6 Å². The van der Waals surface area contributed by atoms with Crippen LogP contribution in [0.4, 0.5) is 5.69 Å². The number of aromatic carboxylic acids is 1. The number of primary amides is 1. The highest BCUT2D eigenvalue weighted by Gasteiger charge is 2.54. The summed E-state index contributed by atoms with van der Waals surface area (Å²) in [6.45, 7) is 0. The summed E-state index contributed by atoms with van der Waals surface area (Å²) in [4.78, 5) is 31.6. The van der Waals surface area contributed by atoms with Crippen molar-refractivity contribution in [1.82, 2.24) is 9.97 Å². The Bertz CT molecular complexity index is 1020. The molecule has 8 heteroatoms. The molecular weight excluding hydrogens is 396 g/mol. The normalized spacial score (nSPS) is 30.9. The molecule has 3 unspecified atom stereocenters.